The number of nitrogens with one attached hydrogen (secondary N) is 2. The predicted octanol–water partition coefficient (Wildman–Crippen LogP) is -0.620. The highest BCUT2D eigenvalue weighted by Gasteiger charge is 2.28. The number of carbonyl (C=O) groups is 1. The summed E-state index contributed by atoms with van der Waals surface area (Å²) in [6, 6.07) is 1.98. The van der Waals surface area contributed by atoms with E-state index in [-0.39, 0.29) is 12.5 Å². The first-order valence-electron chi connectivity index (χ1n) is 4.12. The SMILES string of the molecule is CC1=CC(=O)N2NN(CC#N)C=C2N1. The van der Waals surface area contributed by atoms with Crippen LogP contribution in [0, 0.1) is 11.3 Å². The normalized spacial score (nSPS) is 19.6. The van der Waals surface area contributed by atoms with Gasteiger partial charge >= 0.3 is 0 Å². The van der Waals surface area contributed by atoms with Crippen LogP contribution >= 0.6 is 0 Å². The Hall–Kier alpha value is -2.00. The minimum atomic E-state index is -0.145. The Kier molecular flexibility index (Phi) is 1.87. The summed E-state index contributed by atoms with van der Waals surface area (Å²) in [4.78, 5) is 11.4. The average molecular weight is 191 g/mol. The first kappa shape index (κ1) is 8.59. The van der Waals surface area contributed by atoms with Crippen molar-refractivity contribution in [2.45, 2.75) is 6.92 Å². The second kappa shape index (κ2) is 3.05. The lowest BCUT2D eigenvalue weighted by molar-refractivity contribution is -0.129. The third-order valence-corrected chi connectivity index (χ3v) is 1.87. The molecule has 0 bridgehead atoms. The number of hydrogen-bond acceptors (Lipinski definition) is 5. The van der Waals surface area contributed by atoms with E-state index < -0.39 is 0 Å². The van der Waals surface area contributed by atoms with Crippen molar-refractivity contribution in [3.05, 3.63) is 23.8 Å². The highest BCUT2D eigenvalue weighted by Crippen LogP contribution is 2.14. The fraction of sp³-hybridized carbons (Fsp3) is 0.250. The van der Waals surface area contributed by atoms with Gasteiger partial charge in [-0.15, -0.1) is 5.53 Å². The van der Waals surface area contributed by atoms with E-state index in [1.54, 1.807) is 6.20 Å². The summed E-state index contributed by atoms with van der Waals surface area (Å²) < 4.78 is 0. The van der Waals surface area contributed by atoms with Gasteiger partial charge in [-0.3, -0.25) is 9.80 Å². The summed E-state index contributed by atoms with van der Waals surface area (Å²) in [7, 11) is 0. The predicted molar refractivity (Wildman–Crippen MR) is 47.3 cm³/mol. The van der Waals surface area contributed by atoms with Crippen LogP contribution in [-0.2, 0) is 4.79 Å². The molecule has 0 aliphatic carbocycles. The standard InChI is InChI=1S/C8H9N5O/c1-6-4-8(14)13-7(10-6)5-12(11-13)3-2-9/h4-5,10-11H,3H2,1H3. The minimum Gasteiger partial charge on any atom is -0.343 e. The van der Waals surface area contributed by atoms with Crippen molar-refractivity contribution >= 4 is 5.91 Å². The molecule has 2 heterocycles. The zero-order valence-electron chi connectivity index (χ0n) is 7.61. The van der Waals surface area contributed by atoms with E-state index >= 15 is 0 Å². The van der Waals surface area contributed by atoms with E-state index in [1.165, 1.54) is 16.1 Å². The molecule has 72 valence electrons. The number of hydrazine groups is 2. The van der Waals surface area contributed by atoms with Crippen LogP contribution in [0.3, 0.4) is 0 Å². The number of nitrogens with zero attached hydrogens (tertiary/aromatic N) is 3. The van der Waals surface area contributed by atoms with E-state index in [4.69, 9.17) is 5.26 Å². The van der Waals surface area contributed by atoms with E-state index in [1.807, 2.05) is 13.0 Å². The maximum Gasteiger partial charge on any atom is 0.269 e. The number of hydrogen-bond donors (Lipinski definition) is 2. The van der Waals surface area contributed by atoms with E-state index in [2.05, 4.69) is 10.9 Å². The lowest BCUT2D eigenvalue weighted by atomic mass is 10.3. The van der Waals surface area contributed by atoms with Gasteiger partial charge in [-0.05, 0) is 6.92 Å². The monoisotopic (exact) mass is 191 g/mol. The second-order valence-corrected chi connectivity index (χ2v) is 3.03. The minimum absolute atomic E-state index is 0.145. The Bertz CT molecular complexity index is 378. The molecular weight excluding hydrogens is 182 g/mol. The van der Waals surface area contributed by atoms with Gasteiger partial charge in [-0.2, -0.15) is 5.26 Å². The highest BCUT2D eigenvalue weighted by atomic mass is 16.2. The molecule has 14 heavy (non-hydrogen) atoms. The lowest BCUT2D eigenvalue weighted by Gasteiger charge is -2.24. The average Bonchev–Trinajstić information content (AvgIpc) is 2.48. The van der Waals surface area contributed by atoms with Crippen molar-refractivity contribution in [2.75, 3.05) is 6.54 Å². The van der Waals surface area contributed by atoms with Crippen LogP contribution in [0.25, 0.3) is 0 Å². The Morgan fingerprint density at radius 3 is 3.14 bits per heavy atom. The molecule has 1 amide bonds. The van der Waals surface area contributed by atoms with Crippen LogP contribution in [0.4, 0.5) is 0 Å². The molecule has 2 rings (SSSR count). The molecule has 0 saturated heterocycles. The van der Waals surface area contributed by atoms with Crippen molar-refractivity contribution in [3.8, 4) is 6.07 Å². The number of nitriles is 1. The largest absolute Gasteiger partial charge is 0.343 e. The van der Waals surface area contributed by atoms with Gasteiger partial charge in [-0.25, -0.2) is 5.01 Å². The molecule has 0 fully saturated rings. The molecule has 0 unspecified atom stereocenters. The Labute approximate surface area is 81.0 Å². The molecule has 0 saturated carbocycles. The van der Waals surface area contributed by atoms with E-state index in [9.17, 15) is 4.79 Å². The molecule has 2 aliphatic rings. The third-order valence-electron chi connectivity index (χ3n) is 1.87. The van der Waals surface area contributed by atoms with Gasteiger partial charge in [0.05, 0.1) is 12.3 Å². The molecule has 0 aromatic rings. The maximum atomic E-state index is 11.4. The topological polar surface area (TPSA) is 71.4 Å². The number of rotatable bonds is 1. The number of allylic oxidation sites excluding steroid dienone is 1. The van der Waals surface area contributed by atoms with Crippen LogP contribution in [0.2, 0.25) is 0 Å². The molecule has 0 radical (unpaired) electrons. The van der Waals surface area contributed by atoms with Crippen molar-refractivity contribution in [1.82, 2.24) is 20.9 Å². The molecule has 0 atom stereocenters. The van der Waals surface area contributed by atoms with Gasteiger partial charge in [0, 0.05) is 11.8 Å². The van der Waals surface area contributed by atoms with Crippen LogP contribution in [-0.4, -0.2) is 22.5 Å². The van der Waals surface area contributed by atoms with Crippen LogP contribution in [0.15, 0.2) is 23.8 Å². The summed E-state index contributed by atoms with van der Waals surface area (Å²) in [5.74, 6) is 0.498. The molecule has 6 heteroatoms. The number of fused-ring (bicyclic) bond motifs is 1. The molecular formula is C8H9N5O. The van der Waals surface area contributed by atoms with Crippen LogP contribution in [0.1, 0.15) is 6.92 Å². The molecule has 0 aromatic heterocycles. The second-order valence-electron chi connectivity index (χ2n) is 3.03. The Morgan fingerprint density at radius 2 is 2.43 bits per heavy atom. The Morgan fingerprint density at radius 1 is 1.64 bits per heavy atom. The van der Waals surface area contributed by atoms with Crippen molar-refractivity contribution in [3.63, 3.8) is 0 Å². The smallest absolute Gasteiger partial charge is 0.269 e. The zero-order valence-corrected chi connectivity index (χ0v) is 7.61. The summed E-state index contributed by atoms with van der Waals surface area (Å²) in [5.41, 5.74) is 3.55. The van der Waals surface area contributed by atoms with Crippen molar-refractivity contribution in [1.29, 1.82) is 5.26 Å². The fourth-order valence-corrected chi connectivity index (χ4v) is 1.32. The fourth-order valence-electron chi connectivity index (χ4n) is 1.32. The molecule has 6 nitrogen and oxygen atoms in total. The van der Waals surface area contributed by atoms with Gasteiger partial charge in [0.1, 0.15) is 12.4 Å². The summed E-state index contributed by atoms with van der Waals surface area (Å²) >= 11 is 0. The van der Waals surface area contributed by atoms with Crippen molar-refractivity contribution < 1.29 is 4.79 Å². The number of carbonyl (C=O) groups excluding carboxylic acids is 1. The van der Waals surface area contributed by atoms with E-state index in [0.29, 0.717) is 5.82 Å². The van der Waals surface area contributed by atoms with Crippen molar-refractivity contribution in [2.24, 2.45) is 0 Å². The summed E-state index contributed by atoms with van der Waals surface area (Å²) in [5, 5.41) is 14.4. The first-order valence-corrected chi connectivity index (χ1v) is 4.12. The zero-order chi connectivity index (χ0) is 10.1. The maximum absolute atomic E-state index is 11.4. The van der Waals surface area contributed by atoms with E-state index in [0.717, 1.165) is 5.70 Å². The van der Waals surface area contributed by atoms with Gasteiger partial charge in [-0.1, -0.05) is 0 Å². The third kappa shape index (κ3) is 1.30. The first-order chi connectivity index (χ1) is 6.70. The number of amides is 1. The summed E-state index contributed by atoms with van der Waals surface area (Å²) in [6.07, 6.45) is 3.16. The van der Waals surface area contributed by atoms with Gasteiger partial charge in [0.15, 0.2) is 0 Å². The highest BCUT2D eigenvalue weighted by molar-refractivity contribution is 5.90. The van der Waals surface area contributed by atoms with Crippen LogP contribution < -0.4 is 10.9 Å². The molecule has 0 spiro atoms. The molecule has 2 N–H and O–H groups in total. The quantitative estimate of drug-likeness (QED) is 0.540. The summed E-state index contributed by atoms with van der Waals surface area (Å²) in [6.45, 7) is 2.00. The lowest BCUT2D eigenvalue weighted by Crippen LogP contribution is -2.47. The Balaban J connectivity index is 2.19. The van der Waals surface area contributed by atoms with Gasteiger partial charge < -0.3 is 5.32 Å². The molecule has 2 aliphatic heterocycles. The molecule has 0 aromatic carbocycles. The van der Waals surface area contributed by atoms with Gasteiger partial charge in [0.25, 0.3) is 5.91 Å². The van der Waals surface area contributed by atoms with Gasteiger partial charge in [0.2, 0.25) is 0 Å². The van der Waals surface area contributed by atoms with Crippen LogP contribution in [0.5, 0.6) is 0 Å².